The summed E-state index contributed by atoms with van der Waals surface area (Å²) < 4.78 is 14.4. The first-order valence-corrected chi connectivity index (χ1v) is 12.6. The van der Waals surface area contributed by atoms with E-state index in [2.05, 4.69) is 68.1 Å². The highest BCUT2D eigenvalue weighted by Crippen LogP contribution is 2.29. The van der Waals surface area contributed by atoms with Crippen LogP contribution in [0, 0.1) is 0 Å². The van der Waals surface area contributed by atoms with E-state index in [1.807, 2.05) is 13.8 Å². The van der Waals surface area contributed by atoms with Crippen LogP contribution in [0.1, 0.15) is 62.9 Å². The minimum Gasteiger partial charge on any atom is -0.350 e. The van der Waals surface area contributed by atoms with Gasteiger partial charge in [0.2, 0.25) is 0 Å². The van der Waals surface area contributed by atoms with Crippen LogP contribution in [0.4, 0.5) is 27.4 Å². The molecule has 3 N–H and O–H groups in total. The van der Waals surface area contributed by atoms with Crippen LogP contribution in [0.15, 0.2) is 42.7 Å². The number of amides is 1. The van der Waals surface area contributed by atoms with Crippen molar-refractivity contribution in [3.8, 4) is 0 Å². The number of fused-ring (bicyclic) bond motifs is 1. The average molecular weight is 508 g/mol. The summed E-state index contributed by atoms with van der Waals surface area (Å²) in [7, 11) is 4.27. The van der Waals surface area contributed by atoms with Gasteiger partial charge in [0.15, 0.2) is 11.5 Å². The number of aryl methyl sites for hydroxylation is 1. The number of aromatic nitrogens is 3. The van der Waals surface area contributed by atoms with Gasteiger partial charge in [-0.1, -0.05) is 6.07 Å². The van der Waals surface area contributed by atoms with Crippen LogP contribution >= 0.6 is 0 Å². The molecule has 0 saturated carbocycles. The molecule has 1 aromatic carbocycles. The van der Waals surface area contributed by atoms with Crippen molar-refractivity contribution in [2.75, 3.05) is 24.7 Å². The fourth-order valence-electron chi connectivity index (χ4n) is 4.40. The minimum atomic E-state index is -1.69. The van der Waals surface area contributed by atoms with E-state index in [0.717, 1.165) is 24.9 Å². The summed E-state index contributed by atoms with van der Waals surface area (Å²) in [5, 5.41) is 9.44. The Hall–Kier alpha value is -3.59. The Morgan fingerprint density at radius 2 is 1.89 bits per heavy atom. The zero-order valence-electron chi connectivity index (χ0n) is 22.4. The van der Waals surface area contributed by atoms with Gasteiger partial charge in [0, 0.05) is 37.7 Å². The van der Waals surface area contributed by atoms with Crippen LogP contribution in [-0.2, 0) is 18.5 Å². The van der Waals surface area contributed by atoms with E-state index in [0.29, 0.717) is 28.9 Å². The second-order valence-electron chi connectivity index (χ2n) is 10.6. The van der Waals surface area contributed by atoms with Gasteiger partial charge in [0.1, 0.15) is 11.6 Å². The highest BCUT2D eigenvalue weighted by Gasteiger charge is 2.23. The van der Waals surface area contributed by atoms with Crippen molar-refractivity contribution in [1.82, 2.24) is 25.2 Å². The summed E-state index contributed by atoms with van der Waals surface area (Å²) in [6.07, 6.45) is 6.23. The number of carbonyl (C=O) groups excluding carboxylic acids is 1. The van der Waals surface area contributed by atoms with Crippen LogP contribution in [0.2, 0.25) is 0 Å². The predicted octanol–water partition coefficient (Wildman–Crippen LogP) is 5.37. The number of benzene rings is 1. The molecule has 1 atom stereocenters. The molecule has 3 aromatic rings. The molecule has 2 heterocycles. The molecular weight excluding hydrogens is 469 g/mol. The van der Waals surface area contributed by atoms with Crippen LogP contribution in [-0.4, -0.2) is 51.9 Å². The fourth-order valence-corrected chi connectivity index (χ4v) is 4.40. The van der Waals surface area contributed by atoms with E-state index in [1.165, 1.54) is 37.4 Å². The molecule has 0 fully saturated rings. The lowest BCUT2D eigenvalue weighted by Gasteiger charge is -2.30. The van der Waals surface area contributed by atoms with Crippen molar-refractivity contribution in [3.05, 3.63) is 65.2 Å². The zero-order chi connectivity index (χ0) is 26.7. The van der Waals surface area contributed by atoms with Crippen molar-refractivity contribution in [2.24, 2.45) is 0 Å². The van der Waals surface area contributed by atoms with Gasteiger partial charge in [-0.2, -0.15) is 0 Å². The molecule has 2 aromatic heterocycles. The van der Waals surface area contributed by atoms with Crippen molar-refractivity contribution < 1.29 is 10.6 Å². The first kappa shape index (κ1) is 26.5. The van der Waals surface area contributed by atoms with Gasteiger partial charge >= 0.3 is 0 Å². The quantitative estimate of drug-likeness (QED) is 0.377. The normalized spacial score (nSPS) is 15.4. The molecule has 0 aliphatic heterocycles. The predicted molar refractivity (Wildman–Crippen MR) is 148 cm³/mol. The summed E-state index contributed by atoms with van der Waals surface area (Å²) in [4.78, 5) is 28.0. The molecule has 198 valence electrons. The second kappa shape index (κ2) is 10.8. The van der Waals surface area contributed by atoms with Gasteiger partial charge in [-0.15, -0.1) is 0 Å². The van der Waals surface area contributed by atoms with E-state index < -0.39 is 5.67 Å². The van der Waals surface area contributed by atoms with Crippen LogP contribution < -0.4 is 16.0 Å². The third kappa shape index (κ3) is 6.60. The molecule has 1 aliphatic rings. The number of rotatable bonds is 8. The number of anilines is 4. The number of nitrogens with zero attached hydrogens (tertiary/aromatic N) is 4. The SMILES string of the molecule is CC(C)NC(=O)c1cnc(Nc2ccc3c(c2)CCC(N(C)C)C3)cc1Nc1ccnc(C(C)(C)F)n1.[HH]. The highest BCUT2D eigenvalue weighted by atomic mass is 19.1. The van der Waals surface area contributed by atoms with E-state index in [4.69, 9.17) is 0 Å². The Morgan fingerprint density at radius 1 is 1.11 bits per heavy atom. The second-order valence-corrected chi connectivity index (χ2v) is 10.6. The molecule has 0 radical (unpaired) electrons. The Kier molecular flexibility index (Phi) is 7.73. The van der Waals surface area contributed by atoms with Gasteiger partial charge in [-0.05, 0) is 90.4 Å². The lowest BCUT2D eigenvalue weighted by Crippen LogP contribution is -2.33. The third-order valence-electron chi connectivity index (χ3n) is 6.43. The van der Waals surface area contributed by atoms with E-state index >= 15 is 0 Å². The summed E-state index contributed by atoms with van der Waals surface area (Å²) in [6.45, 7) is 6.60. The van der Waals surface area contributed by atoms with Gasteiger partial charge < -0.3 is 20.9 Å². The molecule has 0 bridgehead atoms. The Bertz CT molecular complexity index is 1280. The summed E-state index contributed by atoms with van der Waals surface area (Å²) in [6, 6.07) is 10.3. The lowest BCUT2D eigenvalue weighted by molar-refractivity contribution is 0.0943. The van der Waals surface area contributed by atoms with Gasteiger partial charge in [-0.3, -0.25) is 4.79 Å². The number of halogens is 1. The number of hydrogen-bond donors (Lipinski definition) is 3. The molecule has 1 amide bonds. The molecule has 4 rings (SSSR count). The summed E-state index contributed by atoms with van der Waals surface area (Å²) >= 11 is 0. The summed E-state index contributed by atoms with van der Waals surface area (Å²) in [5.74, 6) is 0.755. The van der Waals surface area contributed by atoms with Crippen LogP contribution in [0.25, 0.3) is 0 Å². The van der Waals surface area contributed by atoms with Gasteiger partial charge in [0.25, 0.3) is 5.91 Å². The smallest absolute Gasteiger partial charge is 0.255 e. The number of hydrogen-bond acceptors (Lipinski definition) is 7. The largest absolute Gasteiger partial charge is 0.350 e. The molecule has 1 aliphatic carbocycles. The third-order valence-corrected chi connectivity index (χ3v) is 6.43. The molecule has 0 saturated heterocycles. The van der Waals surface area contributed by atoms with Crippen molar-refractivity contribution in [3.63, 3.8) is 0 Å². The van der Waals surface area contributed by atoms with Crippen molar-refractivity contribution in [1.29, 1.82) is 0 Å². The minimum absolute atomic E-state index is 0. The Labute approximate surface area is 219 Å². The molecular formula is C28H38FN7O. The maximum absolute atomic E-state index is 14.4. The zero-order valence-corrected chi connectivity index (χ0v) is 22.4. The lowest BCUT2D eigenvalue weighted by atomic mass is 9.87. The molecule has 8 nitrogen and oxygen atoms in total. The van der Waals surface area contributed by atoms with Gasteiger partial charge in [-0.25, -0.2) is 19.3 Å². The number of likely N-dealkylation sites (N-methyl/N-ethyl adjacent to an activating group) is 1. The van der Waals surface area contributed by atoms with Gasteiger partial charge in [0.05, 0.1) is 11.3 Å². The van der Waals surface area contributed by atoms with E-state index in [9.17, 15) is 9.18 Å². The topological polar surface area (TPSA) is 95.1 Å². The number of nitrogens with one attached hydrogen (secondary N) is 3. The maximum Gasteiger partial charge on any atom is 0.255 e. The average Bonchev–Trinajstić information content (AvgIpc) is 2.83. The van der Waals surface area contributed by atoms with E-state index in [-0.39, 0.29) is 19.2 Å². The first-order valence-electron chi connectivity index (χ1n) is 12.6. The first-order chi connectivity index (χ1) is 17.5. The molecule has 37 heavy (non-hydrogen) atoms. The number of pyridine rings is 1. The standard InChI is InChI=1S/C28H36FN7O.H2/c1-17(2)32-26(37)22-16-31-25(15-23(22)34-24-11-12-30-27(35-24)28(3,4)29)33-20-9-7-19-14-21(36(5)6)10-8-18(19)13-20;/h7,9,11-13,15-17,21H,8,10,14H2,1-6H3,(H,32,37)(H2,30,31,33,34,35);1H. The summed E-state index contributed by atoms with van der Waals surface area (Å²) in [5.41, 5.74) is 2.82. The number of carbonyl (C=O) groups is 1. The Morgan fingerprint density at radius 3 is 2.59 bits per heavy atom. The fraction of sp³-hybridized carbons (Fsp3) is 0.429. The highest BCUT2D eigenvalue weighted by molar-refractivity contribution is 6.00. The monoisotopic (exact) mass is 507 g/mol. The molecule has 1 unspecified atom stereocenters. The van der Waals surface area contributed by atoms with E-state index in [1.54, 1.807) is 12.1 Å². The number of alkyl halides is 1. The maximum atomic E-state index is 14.4. The molecule has 9 heteroatoms. The van der Waals surface area contributed by atoms with Crippen LogP contribution in [0.5, 0.6) is 0 Å². The van der Waals surface area contributed by atoms with Crippen molar-refractivity contribution in [2.45, 2.75) is 64.7 Å². The van der Waals surface area contributed by atoms with Crippen LogP contribution in [0.3, 0.4) is 0 Å². The Balaban J connectivity index is 0.00000400. The van der Waals surface area contributed by atoms with Crippen molar-refractivity contribution >= 4 is 28.9 Å². The molecule has 0 spiro atoms.